The van der Waals surface area contributed by atoms with Crippen molar-refractivity contribution in [2.75, 3.05) is 0 Å². The van der Waals surface area contributed by atoms with Gasteiger partial charge in [-0.25, -0.2) is 4.68 Å². The van der Waals surface area contributed by atoms with E-state index in [0.29, 0.717) is 0 Å². The molecule has 3 nitrogen and oxygen atoms in total. The van der Waals surface area contributed by atoms with Crippen LogP contribution in [0.4, 0.5) is 0 Å². The molecule has 20 heavy (non-hydrogen) atoms. The predicted octanol–water partition coefficient (Wildman–Crippen LogP) is 3.23. The van der Waals surface area contributed by atoms with Crippen LogP contribution in [0.15, 0.2) is 67.0 Å². The first-order valence-corrected chi connectivity index (χ1v) is 6.67. The Bertz CT molecular complexity index is 701. The van der Waals surface area contributed by atoms with Crippen LogP contribution in [0.1, 0.15) is 22.7 Å². The molecule has 1 unspecified atom stereocenters. The molecule has 1 aromatic heterocycles. The van der Waals surface area contributed by atoms with Gasteiger partial charge in [0.15, 0.2) is 0 Å². The molecule has 0 saturated carbocycles. The number of nitrogens with zero attached hydrogens (tertiary/aromatic N) is 2. The predicted molar refractivity (Wildman–Crippen MR) is 80.8 cm³/mol. The van der Waals surface area contributed by atoms with Crippen molar-refractivity contribution >= 4 is 0 Å². The Kier molecular flexibility index (Phi) is 3.35. The van der Waals surface area contributed by atoms with Gasteiger partial charge in [0, 0.05) is 11.8 Å². The minimum absolute atomic E-state index is 0.145. The van der Waals surface area contributed by atoms with Crippen LogP contribution in [0, 0.1) is 6.92 Å². The average Bonchev–Trinajstić information content (AvgIpc) is 2.98. The average molecular weight is 263 g/mol. The van der Waals surface area contributed by atoms with Crippen LogP contribution in [0.3, 0.4) is 0 Å². The molecule has 3 aromatic rings. The Morgan fingerprint density at radius 3 is 2.45 bits per heavy atom. The number of aromatic nitrogens is 2. The van der Waals surface area contributed by atoms with Crippen molar-refractivity contribution < 1.29 is 0 Å². The molecule has 3 heteroatoms. The lowest BCUT2D eigenvalue weighted by atomic mass is 9.98. The quantitative estimate of drug-likeness (QED) is 0.788. The molecule has 0 spiro atoms. The van der Waals surface area contributed by atoms with E-state index < -0.39 is 0 Å². The highest BCUT2D eigenvalue weighted by Gasteiger charge is 2.13. The van der Waals surface area contributed by atoms with Crippen molar-refractivity contribution in [3.8, 4) is 5.69 Å². The molecule has 3 rings (SSSR count). The Morgan fingerprint density at radius 1 is 1.00 bits per heavy atom. The Labute approximate surface area is 118 Å². The number of para-hydroxylation sites is 1. The normalized spacial score (nSPS) is 12.3. The number of hydrogen-bond donors (Lipinski definition) is 1. The van der Waals surface area contributed by atoms with Crippen LogP contribution in [0.2, 0.25) is 0 Å². The molecule has 100 valence electrons. The summed E-state index contributed by atoms with van der Waals surface area (Å²) in [5.74, 6) is 0. The van der Waals surface area contributed by atoms with E-state index in [9.17, 15) is 0 Å². The second kappa shape index (κ2) is 5.31. The number of aryl methyl sites for hydroxylation is 1. The van der Waals surface area contributed by atoms with Crippen molar-refractivity contribution in [1.29, 1.82) is 0 Å². The molecule has 0 aliphatic carbocycles. The summed E-state index contributed by atoms with van der Waals surface area (Å²) >= 11 is 0. The summed E-state index contributed by atoms with van der Waals surface area (Å²) in [4.78, 5) is 0. The Balaban J connectivity index is 1.93. The fourth-order valence-corrected chi connectivity index (χ4v) is 2.33. The Hall–Kier alpha value is -2.39. The minimum atomic E-state index is -0.145. The molecule has 0 aliphatic rings. The monoisotopic (exact) mass is 263 g/mol. The summed E-state index contributed by atoms with van der Waals surface area (Å²) in [5, 5.41) is 4.40. The van der Waals surface area contributed by atoms with Gasteiger partial charge in [-0.3, -0.25) is 0 Å². The molecule has 0 saturated heterocycles. The number of rotatable bonds is 3. The van der Waals surface area contributed by atoms with Gasteiger partial charge < -0.3 is 5.73 Å². The van der Waals surface area contributed by atoms with E-state index in [2.05, 4.69) is 24.2 Å². The maximum atomic E-state index is 6.36. The van der Waals surface area contributed by atoms with Gasteiger partial charge in [-0.05, 0) is 30.2 Å². The molecule has 1 heterocycles. The summed E-state index contributed by atoms with van der Waals surface area (Å²) in [7, 11) is 0. The van der Waals surface area contributed by atoms with Crippen molar-refractivity contribution in [2.24, 2.45) is 5.73 Å². The van der Waals surface area contributed by atoms with Gasteiger partial charge in [-0.1, -0.05) is 42.5 Å². The lowest BCUT2D eigenvalue weighted by Crippen LogP contribution is -2.12. The lowest BCUT2D eigenvalue weighted by molar-refractivity contribution is 0.855. The van der Waals surface area contributed by atoms with Gasteiger partial charge in [0.1, 0.15) is 0 Å². The van der Waals surface area contributed by atoms with E-state index >= 15 is 0 Å². The van der Waals surface area contributed by atoms with Crippen molar-refractivity contribution in [2.45, 2.75) is 13.0 Å². The van der Waals surface area contributed by atoms with Crippen LogP contribution in [-0.2, 0) is 0 Å². The summed E-state index contributed by atoms with van der Waals surface area (Å²) < 4.78 is 1.85. The van der Waals surface area contributed by atoms with Gasteiger partial charge in [0.05, 0.1) is 17.9 Å². The van der Waals surface area contributed by atoms with Crippen LogP contribution in [0.5, 0.6) is 0 Å². The molecule has 0 aliphatic heterocycles. The number of benzene rings is 2. The van der Waals surface area contributed by atoms with E-state index in [1.807, 2.05) is 59.5 Å². The van der Waals surface area contributed by atoms with E-state index in [-0.39, 0.29) is 6.04 Å². The maximum absolute atomic E-state index is 6.36. The highest BCUT2D eigenvalue weighted by atomic mass is 15.3. The van der Waals surface area contributed by atoms with E-state index in [1.54, 1.807) is 0 Å². The van der Waals surface area contributed by atoms with Crippen LogP contribution in [-0.4, -0.2) is 9.78 Å². The number of hydrogen-bond acceptors (Lipinski definition) is 2. The zero-order valence-electron chi connectivity index (χ0n) is 11.4. The third-order valence-corrected chi connectivity index (χ3v) is 3.51. The molecule has 0 amide bonds. The zero-order valence-corrected chi connectivity index (χ0v) is 11.4. The van der Waals surface area contributed by atoms with Gasteiger partial charge in [0.2, 0.25) is 0 Å². The SMILES string of the molecule is Cc1ccccc1C(N)c1cnn(-c2ccccc2)c1. The van der Waals surface area contributed by atoms with Crippen LogP contribution >= 0.6 is 0 Å². The van der Waals surface area contributed by atoms with Gasteiger partial charge in [-0.2, -0.15) is 5.10 Å². The molecular formula is C17H17N3. The third-order valence-electron chi connectivity index (χ3n) is 3.51. The molecule has 0 fully saturated rings. The fourth-order valence-electron chi connectivity index (χ4n) is 2.33. The molecule has 2 N–H and O–H groups in total. The molecular weight excluding hydrogens is 246 g/mol. The van der Waals surface area contributed by atoms with Gasteiger partial charge >= 0.3 is 0 Å². The third kappa shape index (κ3) is 2.36. The largest absolute Gasteiger partial charge is 0.320 e. The summed E-state index contributed by atoms with van der Waals surface area (Å²) in [6.07, 6.45) is 3.83. The smallest absolute Gasteiger partial charge is 0.0645 e. The highest BCUT2D eigenvalue weighted by molar-refractivity contribution is 5.37. The lowest BCUT2D eigenvalue weighted by Gasteiger charge is -2.12. The Morgan fingerprint density at radius 2 is 1.70 bits per heavy atom. The molecule has 0 bridgehead atoms. The van der Waals surface area contributed by atoms with Crippen LogP contribution < -0.4 is 5.73 Å². The summed E-state index contributed by atoms with van der Waals surface area (Å²) in [5.41, 5.74) is 10.8. The first kappa shape index (κ1) is 12.6. The van der Waals surface area contributed by atoms with Crippen molar-refractivity contribution in [3.63, 3.8) is 0 Å². The molecule has 2 aromatic carbocycles. The second-order valence-electron chi connectivity index (χ2n) is 4.89. The topological polar surface area (TPSA) is 43.8 Å². The zero-order chi connectivity index (χ0) is 13.9. The molecule has 1 atom stereocenters. The summed E-state index contributed by atoms with van der Waals surface area (Å²) in [6.45, 7) is 2.08. The van der Waals surface area contributed by atoms with E-state index in [4.69, 9.17) is 5.73 Å². The number of nitrogens with two attached hydrogens (primary N) is 1. The highest BCUT2D eigenvalue weighted by Crippen LogP contribution is 2.22. The van der Waals surface area contributed by atoms with E-state index in [1.165, 1.54) is 5.56 Å². The van der Waals surface area contributed by atoms with Gasteiger partial charge in [0.25, 0.3) is 0 Å². The minimum Gasteiger partial charge on any atom is -0.320 e. The molecule has 0 radical (unpaired) electrons. The standard InChI is InChI=1S/C17H17N3/c1-13-7-5-6-10-16(13)17(18)14-11-19-20(12-14)15-8-3-2-4-9-15/h2-12,17H,18H2,1H3. The first-order chi connectivity index (χ1) is 9.75. The maximum Gasteiger partial charge on any atom is 0.0645 e. The summed E-state index contributed by atoms with van der Waals surface area (Å²) in [6, 6.07) is 18.1. The van der Waals surface area contributed by atoms with Crippen LogP contribution in [0.25, 0.3) is 5.69 Å². The fraction of sp³-hybridized carbons (Fsp3) is 0.118. The first-order valence-electron chi connectivity index (χ1n) is 6.67. The van der Waals surface area contributed by atoms with E-state index in [0.717, 1.165) is 16.8 Å². The van der Waals surface area contributed by atoms with Crippen molar-refractivity contribution in [1.82, 2.24) is 9.78 Å². The second-order valence-corrected chi connectivity index (χ2v) is 4.89. The van der Waals surface area contributed by atoms with Crippen molar-refractivity contribution in [3.05, 3.63) is 83.7 Å². The van der Waals surface area contributed by atoms with Gasteiger partial charge in [-0.15, -0.1) is 0 Å².